The molecular formula is C39H35NO6. The van der Waals surface area contributed by atoms with Crippen molar-refractivity contribution >= 4 is 16.9 Å². The van der Waals surface area contributed by atoms with Gasteiger partial charge in [0.05, 0.1) is 25.0 Å². The van der Waals surface area contributed by atoms with Crippen LogP contribution < -0.4 is 18.9 Å². The Hall–Kier alpha value is -5.53. The molecule has 0 atom stereocenters. The lowest BCUT2D eigenvalue weighted by atomic mass is 10.1. The lowest BCUT2D eigenvalue weighted by Crippen LogP contribution is -2.08. The van der Waals surface area contributed by atoms with Gasteiger partial charge in [0, 0.05) is 17.4 Å². The summed E-state index contributed by atoms with van der Waals surface area (Å²) in [5.41, 5.74) is 6.72. The van der Waals surface area contributed by atoms with Crippen LogP contribution in [-0.4, -0.2) is 36.0 Å². The van der Waals surface area contributed by atoms with E-state index in [4.69, 9.17) is 18.9 Å². The Labute approximate surface area is 268 Å². The van der Waals surface area contributed by atoms with E-state index in [0.717, 1.165) is 44.6 Å². The lowest BCUT2D eigenvalue weighted by Gasteiger charge is -2.15. The lowest BCUT2D eigenvalue weighted by molar-refractivity contribution is 0.0735. The van der Waals surface area contributed by atoms with E-state index in [1.165, 1.54) is 0 Å². The molecular weight excluding hydrogens is 578 g/mol. The maximum atomic E-state index is 12.8. The summed E-state index contributed by atoms with van der Waals surface area (Å²) in [6, 6.07) is 38.7. The Morgan fingerprint density at radius 1 is 0.739 bits per heavy atom. The van der Waals surface area contributed by atoms with Crippen LogP contribution in [0.15, 0.2) is 121 Å². The Kier molecular flexibility index (Phi) is 9.32. The second-order valence-corrected chi connectivity index (χ2v) is 10.9. The van der Waals surface area contributed by atoms with Crippen LogP contribution in [0.3, 0.4) is 0 Å². The average molecular weight is 614 g/mol. The highest BCUT2D eigenvalue weighted by Gasteiger charge is 2.19. The second-order valence-electron chi connectivity index (χ2n) is 10.9. The zero-order valence-corrected chi connectivity index (χ0v) is 25.8. The summed E-state index contributed by atoms with van der Waals surface area (Å²) < 4.78 is 25.4. The molecule has 0 aliphatic rings. The van der Waals surface area contributed by atoms with Gasteiger partial charge in [-0.3, -0.25) is 0 Å². The number of ether oxygens (including phenoxy) is 4. The number of carbonyl (C=O) groups is 1. The molecule has 1 N–H and O–H groups in total. The number of nitrogens with zero attached hydrogens (tertiary/aromatic N) is 1. The molecule has 46 heavy (non-hydrogen) atoms. The second kappa shape index (κ2) is 14.1. The summed E-state index contributed by atoms with van der Waals surface area (Å²) in [5.74, 6) is 2.02. The Morgan fingerprint density at radius 2 is 1.46 bits per heavy atom. The van der Waals surface area contributed by atoms with Gasteiger partial charge in [-0.1, -0.05) is 54.6 Å². The standard InChI is InChI=1S/C39H35NO6/c1-27-34-24-33(46-39(42)31-11-7-4-8-12-31)18-19-35(34)40(25-29-13-20-36(44-22-21-41)37(23-29)43-2)38(27)30-14-16-32(17-15-30)45-26-28-9-5-3-6-10-28/h3-20,23-24,41H,21-22,25-26H2,1-2H3. The number of aliphatic hydroxyl groups excluding tert-OH is 1. The minimum absolute atomic E-state index is 0.0817. The van der Waals surface area contributed by atoms with Crippen molar-refractivity contribution in [2.45, 2.75) is 20.1 Å². The fourth-order valence-corrected chi connectivity index (χ4v) is 5.56. The van der Waals surface area contributed by atoms with Crippen molar-refractivity contribution in [2.24, 2.45) is 0 Å². The first-order valence-electron chi connectivity index (χ1n) is 15.1. The molecule has 1 aromatic heterocycles. The molecule has 7 heteroatoms. The van der Waals surface area contributed by atoms with Crippen LogP contribution >= 0.6 is 0 Å². The zero-order valence-electron chi connectivity index (χ0n) is 25.8. The normalized spacial score (nSPS) is 10.9. The molecule has 0 aliphatic carbocycles. The number of hydrogen-bond donors (Lipinski definition) is 1. The first kappa shape index (κ1) is 30.5. The predicted molar refractivity (Wildman–Crippen MR) is 179 cm³/mol. The molecule has 5 aromatic carbocycles. The van der Waals surface area contributed by atoms with Gasteiger partial charge < -0.3 is 28.6 Å². The molecule has 0 saturated carbocycles. The molecule has 0 fully saturated rings. The summed E-state index contributed by atoms with van der Waals surface area (Å²) in [7, 11) is 1.60. The van der Waals surface area contributed by atoms with Gasteiger partial charge in [0.2, 0.25) is 0 Å². The zero-order chi connectivity index (χ0) is 31.9. The van der Waals surface area contributed by atoms with E-state index in [1.807, 2.05) is 97.1 Å². The van der Waals surface area contributed by atoms with Crippen molar-refractivity contribution in [3.05, 3.63) is 144 Å². The molecule has 0 saturated heterocycles. The molecule has 1 heterocycles. The first-order chi connectivity index (χ1) is 22.5. The van der Waals surface area contributed by atoms with Gasteiger partial charge >= 0.3 is 5.97 Å². The van der Waals surface area contributed by atoms with Crippen LogP contribution in [-0.2, 0) is 13.2 Å². The number of rotatable bonds is 12. The fraction of sp³-hybridized carbons (Fsp3) is 0.154. The van der Waals surface area contributed by atoms with E-state index >= 15 is 0 Å². The number of hydrogen-bond acceptors (Lipinski definition) is 6. The molecule has 0 radical (unpaired) electrons. The molecule has 0 unspecified atom stereocenters. The third-order valence-electron chi connectivity index (χ3n) is 7.80. The molecule has 0 bridgehead atoms. The van der Waals surface area contributed by atoms with Crippen LogP contribution in [0, 0.1) is 6.92 Å². The Balaban J connectivity index is 1.36. The van der Waals surface area contributed by atoms with Crippen LogP contribution in [0.25, 0.3) is 22.2 Å². The number of aryl methyl sites for hydroxylation is 1. The van der Waals surface area contributed by atoms with Crippen molar-refractivity contribution in [1.82, 2.24) is 4.57 Å². The van der Waals surface area contributed by atoms with Gasteiger partial charge in [0.15, 0.2) is 11.5 Å². The number of fused-ring (bicyclic) bond motifs is 1. The van der Waals surface area contributed by atoms with Crippen molar-refractivity contribution in [2.75, 3.05) is 20.3 Å². The monoisotopic (exact) mass is 613 g/mol. The van der Waals surface area contributed by atoms with Gasteiger partial charge in [-0.15, -0.1) is 0 Å². The summed E-state index contributed by atoms with van der Waals surface area (Å²) in [6.07, 6.45) is 0. The highest BCUT2D eigenvalue weighted by Crippen LogP contribution is 2.37. The van der Waals surface area contributed by atoms with Crippen molar-refractivity contribution in [3.63, 3.8) is 0 Å². The van der Waals surface area contributed by atoms with Crippen molar-refractivity contribution < 1.29 is 28.8 Å². The van der Waals surface area contributed by atoms with Crippen molar-refractivity contribution in [1.29, 1.82) is 0 Å². The van der Waals surface area contributed by atoms with E-state index in [0.29, 0.717) is 36.0 Å². The number of aromatic nitrogens is 1. The summed E-state index contributed by atoms with van der Waals surface area (Å²) in [4.78, 5) is 12.8. The molecule has 7 nitrogen and oxygen atoms in total. The first-order valence-corrected chi connectivity index (χ1v) is 15.1. The maximum Gasteiger partial charge on any atom is 0.343 e. The SMILES string of the molecule is COc1cc(Cn2c(-c3ccc(OCc4ccccc4)cc3)c(C)c3cc(OC(=O)c4ccccc4)ccc32)ccc1OCCO. The Bertz CT molecular complexity index is 1930. The van der Waals surface area contributed by atoms with Crippen LogP contribution in [0.5, 0.6) is 23.0 Å². The molecule has 6 aromatic rings. The fourth-order valence-electron chi connectivity index (χ4n) is 5.56. The third kappa shape index (κ3) is 6.75. The molecule has 6 rings (SSSR count). The number of methoxy groups -OCH3 is 1. The van der Waals surface area contributed by atoms with E-state index in [2.05, 4.69) is 23.6 Å². The van der Waals surface area contributed by atoms with Crippen LogP contribution in [0.2, 0.25) is 0 Å². The van der Waals surface area contributed by atoms with Crippen LogP contribution in [0.1, 0.15) is 27.0 Å². The predicted octanol–water partition coefficient (Wildman–Crippen LogP) is 7.84. The average Bonchev–Trinajstić information content (AvgIpc) is 3.37. The summed E-state index contributed by atoms with van der Waals surface area (Å²) in [6.45, 7) is 3.23. The minimum Gasteiger partial charge on any atom is -0.493 e. The molecule has 232 valence electrons. The van der Waals surface area contributed by atoms with E-state index in [-0.39, 0.29) is 13.2 Å². The minimum atomic E-state index is -0.404. The smallest absolute Gasteiger partial charge is 0.343 e. The Morgan fingerprint density at radius 3 is 2.17 bits per heavy atom. The molecule has 0 amide bonds. The van der Waals surface area contributed by atoms with Crippen molar-refractivity contribution in [3.8, 4) is 34.3 Å². The van der Waals surface area contributed by atoms with E-state index < -0.39 is 5.97 Å². The number of benzene rings is 5. The van der Waals surface area contributed by atoms with Gasteiger partial charge in [-0.2, -0.15) is 0 Å². The molecule has 0 spiro atoms. The molecule has 0 aliphatic heterocycles. The quantitative estimate of drug-likeness (QED) is 0.112. The maximum absolute atomic E-state index is 12.8. The third-order valence-corrected chi connectivity index (χ3v) is 7.80. The van der Waals surface area contributed by atoms with E-state index in [1.54, 1.807) is 19.2 Å². The van der Waals surface area contributed by atoms with Gasteiger partial charge in [0.1, 0.15) is 24.7 Å². The largest absolute Gasteiger partial charge is 0.493 e. The van der Waals surface area contributed by atoms with Crippen LogP contribution in [0.4, 0.5) is 0 Å². The highest BCUT2D eigenvalue weighted by molar-refractivity contribution is 5.95. The highest BCUT2D eigenvalue weighted by atomic mass is 16.5. The number of esters is 1. The summed E-state index contributed by atoms with van der Waals surface area (Å²) >= 11 is 0. The number of aliphatic hydroxyl groups is 1. The topological polar surface area (TPSA) is 79.2 Å². The van der Waals surface area contributed by atoms with Gasteiger partial charge in [0.25, 0.3) is 0 Å². The van der Waals surface area contributed by atoms with Gasteiger partial charge in [-0.05, 0) is 95.9 Å². The van der Waals surface area contributed by atoms with Gasteiger partial charge in [-0.25, -0.2) is 4.79 Å². The number of carbonyl (C=O) groups excluding carboxylic acids is 1. The van der Waals surface area contributed by atoms with E-state index in [9.17, 15) is 9.90 Å². The summed E-state index contributed by atoms with van der Waals surface area (Å²) in [5, 5.41) is 10.2.